The van der Waals surface area contributed by atoms with Crippen LogP contribution in [0.4, 0.5) is 17.1 Å². The molecule has 0 saturated carbocycles. The molecule has 0 heterocycles. The normalized spacial score (nSPS) is 11.4. The van der Waals surface area contributed by atoms with Crippen molar-refractivity contribution in [3.05, 3.63) is 188 Å². The molecule has 47 heavy (non-hydrogen) atoms. The quantitative estimate of drug-likeness (QED) is 0.178. The molecule has 0 N–H and O–H groups in total. The third kappa shape index (κ3) is 4.81. The van der Waals surface area contributed by atoms with Gasteiger partial charge in [0.05, 0.1) is 0 Å². The Bertz CT molecular complexity index is 2550. The Labute approximate surface area is 274 Å². The number of nitrogens with zero attached hydrogens (tertiary/aromatic N) is 1. The van der Waals surface area contributed by atoms with Crippen molar-refractivity contribution in [3.63, 3.8) is 0 Å². The zero-order valence-corrected chi connectivity index (χ0v) is 25.8. The van der Waals surface area contributed by atoms with Gasteiger partial charge in [-0.15, -0.1) is 0 Å². The van der Waals surface area contributed by atoms with Gasteiger partial charge in [-0.25, -0.2) is 0 Å². The van der Waals surface area contributed by atoms with Gasteiger partial charge in [0.15, 0.2) is 0 Å². The molecule has 9 aromatic carbocycles. The molecular formula is C46H31N. The Hall–Kier alpha value is -6.18. The van der Waals surface area contributed by atoms with Crippen LogP contribution in [-0.4, -0.2) is 0 Å². The molecule has 9 rings (SSSR count). The van der Waals surface area contributed by atoms with E-state index in [2.05, 4.69) is 193 Å². The molecule has 1 heteroatoms. The first-order chi connectivity index (χ1) is 23.3. The van der Waals surface area contributed by atoms with Gasteiger partial charge in [0.25, 0.3) is 0 Å². The van der Waals surface area contributed by atoms with Gasteiger partial charge >= 0.3 is 0 Å². The third-order valence-electron chi connectivity index (χ3n) is 9.42. The number of hydrogen-bond acceptors (Lipinski definition) is 1. The maximum absolute atomic E-state index is 2.37. The van der Waals surface area contributed by atoms with Crippen LogP contribution in [0.3, 0.4) is 0 Å². The molecule has 0 saturated heterocycles. The second-order valence-electron chi connectivity index (χ2n) is 12.2. The zero-order chi connectivity index (χ0) is 31.2. The van der Waals surface area contributed by atoms with Crippen LogP contribution in [0, 0.1) is 0 Å². The van der Waals surface area contributed by atoms with Crippen molar-refractivity contribution in [2.45, 2.75) is 0 Å². The van der Waals surface area contributed by atoms with Crippen LogP contribution >= 0.6 is 0 Å². The summed E-state index contributed by atoms with van der Waals surface area (Å²) in [5, 5.41) is 10.1. The fourth-order valence-electron chi connectivity index (χ4n) is 7.10. The van der Waals surface area contributed by atoms with Crippen LogP contribution in [0.1, 0.15) is 0 Å². The van der Waals surface area contributed by atoms with Crippen LogP contribution in [0.5, 0.6) is 0 Å². The van der Waals surface area contributed by atoms with Crippen LogP contribution in [0.25, 0.3) is 65.3 Å². The van der Waals surface area contributed by atoms with E-state index in [0.29, 0.717) is 0 Å². The summed E-state index contributed by atoms with van der Waals surface area (Å²) in [5.74, 6) is 0. The van der Waals surface area contributed by atoms with Crippen LogP contribution in [-0.2, 0) is 0 Å². The summed E-state index contributed by atoms with van der Waals surface area (Å²) in [6.07, 6.45) is 0. The molecule has 0 aliphatic carbocycles. The molecule has 0 unspecified atom stereocenters. The van der Waals surface area contributed by atoms with Crippen molar-refractivity contribution in [2.24, 2.45) is 0 Å². The fraction of sp³-hybridized carbons (Fsp3) is 0. The molecule has 0 atom stereocenters. The largest absolute Gasteiger partial charge is 0.310 e. The van der Waals surface area contributed by atoms with Gasteiger partial charge in [-0.05, 0) is 108 Å². The maximum Gasteiger partial charge on any atom is 0.0468 e. The first-order valence-electron chi connectivity index (χ1n) is 16.2. The van der Waals surface area contributed by atoms with E-state index < -0.39 is 0 Å². The highest BCUT2D eigenvalue weighted by molar-refractivity contribution is 6.14. The van der Waals surface area contributed by atoms with Crippen LogP contribution < -0.4 is 4.90 Å². The standard InChI is InChI=1S/C46H31N/c1-2-10-32(11-3-1)33-20-24-38(25-21-33)47(40-28-29-43-37(30-40)19-18-34-12-4-6-14-41(34)43)39-26-22-35(23-27-39)46-31-36-13-5-7-15-42(36)44-16-8-9-17-45(44)46/h1-31H. The Balaban J connectivity index is 1.18. The van der Waals surface area contributed by atoms with Crippen molar-refractivity contribution in [1.82, 2.24) is 0 Å². The summed E-state index contributed by atoms with van der Waals surface area (Å²) >= 11 is 0. The number of fused-ring (bicyclic) bond motifs is 6. The van der Waals surface area contributed by atoms with Crippen LogP contribution in [0.15, 0.2) is 188 Å². The monoisotopic (exact) mass is 597 g/mol. The average molecular weight is 598 g/mol. The lowest BCUT2D eigenvalue weighted by molar-refractivity contribution is 1.29. The van der Waals surface area contributed by atoms with Gasteiger partial charge < -0.3 is 4.90 Å². The van der Waals surface area contributed by atoms with Crippen molar-refractivity contribution in [3.8, 4) is 22.3 Å². The minimum Gasteiger partial charge on any atom is -0.310 e. The van der Waals surface area contributed by atoms with E-state index in [1.54, 1.807) is 0 Å². The first kappa shape index (κ1) is 27.2. The molecule has 1 nitrogen and oxygen atoms in total. The van der Waals surface area contributed by atoms with E-state index in [1.807, 2.05) is 0 Å². The first-order valence-corrected chi connectivity index (χ1v) is 16.2. The fourth-order valence-corrected chi connectivity index (χ4v) is 7.10. The molecule has 0 radical (unpaired) electrons. The highest BCUT2D eigenvalue weighted by atomic mass is 15.1. The molecule has 220 valence electrons. The van der Waals surface area contributed by atoms with Gasteiger partial charge in [-0.1, -0.05) is 146 Å². The number of anilines is 3. The molecule has 0 spiro atoms. The van der Waals surface area contributed by atoms with E-state index in [4.69, 9.17) is 0 Å². The van der Waals surface area contributed by atoms with Crippen molar-refractivity contribution < 1.29 is 0 Å². The Kier molecular flexibility index (Phi) is 6.54. The molecular weight excluding hydrogens is 567 g/mol. The Morgan fingerprint density at radius 1 is 0.255 bits per heavy atom. The maximum atomic E-state index is 2.37. The topological polar surface area (TPSA) is 3.24 Å². The number of benzene rings is 9. The number of hydrogen-bond donors (Lipinski definition) is 0. The summed E-state index contributed by atoms with van der Waals surface area (Å²) in [6.45, 7) is 0. The smallest absolute Gasteiger partial charge is 0.0468 e. The lowest BCUT2D eigenvalue weighted by Gasteiger charge is -2.26. The predicted octanol–water partition coefficient (Wildman–Crippen LogP) is 13.1. The molecule has 9 aromatic rings. The summed E-state index contributed by atoms with van der Waals surface area (Å²) in [7, 11) is 0. The molecule has 0 aliphatic heterocycles. The van der Waals surface area contributed by atoms with Gasteiger partial charge in [0, 0.05) is 17.1 Å². The zero-order valence-electron chi connectivity index (χ0n) is 25.8. The van der Waals surface area contributed by atoms with Gasteiger partial charge in [-0.3, -0.25) is 0 Å². The molecule has 0 amide bonds. The van der Waals surface area contributed by atoms with Crippen molar-refractivity contribution in [2.75, 3.05) is 4.90 Å². The third-order valence-corrected chi connectivity index (χ3v) is 9.42. The lowest BCUT2D eigenvalue weighted by Crippen LogP contribution is -2.09. The van der Waals surface area contributed by atoms with Crippen LogP contribution in [0.2, 0.25) is 0 Å². The molecule has 0 aliphatic rings. The van der Waals surface area contributed by atoms with Crippen molar-refractivity contribution in [1.29, 1.82) is 0 Å². The van der Waals surface area contributed by atoms with Gasteiger partial charge in [0.2, 0.25) is 0 Å². The van der Waals surface area contributed by atoms with E-state index >= 15 is 0 Å². The Morgan fingerprint density at radius 3 is 1.45 bits per heavy atom. The van der Waals surface area contributed by atoms with Gasteiger partial charge in [-0.2, -0.15) is 0 Å². The second-order valence-corrected chi connectivity index (χ2v) is 12.2. The van der Waals surface area contributed by atoms with E-state index in [0.717, 1.165) is 17.1 Å². The highest BCUT2D eigenvalue weighted by Crippen LogP contribution is 2.40. The summed E-state index contributed by atoms with van der Waals surface area (Å²) < 4.78 is 0. The minimum atomic E-state index is 1.12. The molecule has 0 aromatic heterocycles. The molecule has 0 bridgehead atoms. The SMILES string of the molecule is c1ccc(-c2ccc(N(c3ccc(-c4cc5ccccc5c5ccccc45)cc3)c3ccc4c(ccc5ccccc54)c3)cc2)cc1. The summed E-state index contributed by atoms with van der Waals surface area (Å²) in [6, 6.07) is 68.2. The average Bonchev–Trinajstić information content (AvgIpc) is 3.15. The lowest BCUT2D eigenvalue weighted by atomic mass is 9.93. The van der Waals surface area contributed by atoms with E-state index in [1.165, 1.54) is 65.3 Å². The molecule has 0 fully saturated rings. The van der Waals surface area contributed by atoms with Crippen molar-refractivity contribution >= 4 is 60.2 Å². The second kappa shape index (κ2) is 11.3. The van der Waals surface area contributed by atoms with E-state index in [9.17, 15) is 0 Å². The Morgan fingerprint density at radius 2 is 0.723 bits per heavy atom. The highest BCUT2D eigenvalue weighted by Gasteiger charge is 2.15. The van der Waals surface area contributed by atoms with Gasteiger partial charge in [0.1, 0.15) is 0 Å². The summed E-state index contributed by atoms with van der Waals surface area (Å²) in [4.78, 5) is 2.37. The number of rotatable bonds is 5. The predicted molar refractivity (Wildman–Crippen MR) is 202 cm³/mol. The van der Waals surface area contributed by atoms with E-state index in [-0.39, 0.29) is 0 Å². The summed E-state index contributed by atoms with van der Waals surface area (Å²) in [5.41, 5.74) is 8.25. The minimum absolute atomic E-state index is 1.12.